The lowest BCUT2D eigenvalue weighted by molar-refractivity contribution is -0.0775. The summed E-state index contributed by atoms with van der Waals surface area (Å²) in [6.07, 6.45) is 1.32. The van der Waals surface area contributed by atoms with Crippen LogP contribution in [0.2, 0.25) is 5.02 Å². The van der Waals surface area contributed by atoms with Crippen LogP contribution in [0.5, 0.6) is 0 Å². The van der Waals surface area contributed by atoms with Crippen LogP contribution in [-0.2, 0) is 9.47 Å². The predicted molar refractivity (Wildman–Crippen MR) is 55.8 cm³/mol. The van der Waals surface area contributed by atoms with Crippen LogP contribution in [0.3, 0.4) is 0 Å². The van der Waals surface area contributed by atoms with Crippen molar-refractivity contribution in [1.82, 2.24) is 0 Å². The number of carbonyl (C=O) groups is 1. The smallest absolute Gasteiger partial charge is 0.340 e. The summed E-state index contributed by atoms with van der Waals surface area (Å²) < 4.78 is 10.3. The summed E-state index contributed by atoms with van der Waals surface area (Å²) in [4.78, 5) is 11.6. The number of hydrogen-bond acceptors (Lipinski definition) is 3. The molecular weight excluding hydrogens is 216 g/mol. The summed E-state index contributed by atoms with van der Waals surface area (Å²) in [5.74, 6) is -0.385. The zero-order chi connectivity index (χ0) is 10.7. The van der Waals surface area contributed by atoms with Gasteiger partial charge >= 0.3 is 5.97 Å². The van der Waals surface area contributed by atoms with Crippen molar-refractivity contribution in [2.45, 2.75) is 19.1 Å². The van der Waals surface area contributed by atoms with Gasteiger partial charge in [0.05, 0.1) is 12.2 Å². The van der Waals surface area contributed by atoms with E-state index in [1.54, 1.807) is 24.3 Å². The molecule has 0 bridgehead atoms. The average Bonchev–Trinajstić information content (AvgIpc) is 2.70. The van der Waals surface area contributed by atoms with Gasteiger partial charge in [0.15, 0.2) is 0 Å². The van der Waals surface area contributed by atoms with Crippen LogP contribution in [0.15, 0.2) is 24.3 Å². The maximum absolute atomic E-state index is 11.6. The Labute approximate surface area is 92.9 Å². The number of halogens is 1. The van der Waals surface area contributed by atoms with E-state index in [-0.39, 0.29) is 5.97 Å². The lowest BCUT2D eigenvalue weighted by Crippen LogP contribution is -2.16. The standard InChI is InChI=1S/C11H11ClO3/c12-9-4-1-3-8(7-9)11(13)15-10-5-2-6-14-10/h1,3-4,7,10H,2,5-6H2. The van der Waals surface area contributed by atoms with Crippen molar-refractivity contribution in [1.29, 1.82) is 0 Å². The van der Waals surface area contributed by atoms with Crippen molar-refractivity contribution < 1.29 is 14.3 Å². The van der Waals surface area contributed by atoms with E-state index in [9.17, 15) is 4.79 Å². The van der Waals surface area contributed by atoms with E-state index in [0.717, 1.165) is 12.8 Å². The predicted octanol–water partition coefficient (Wildman–Crippen LogP) is 2.63. The van der Waals surface area contributed by atoms with E-state index in [4.69, 9.17) is 21.1 Å². The van der Waals surface area contributed by atoms with Gasteiger partial charge in [-0.3, -0.25) is 0 Å². The van der Waals surface area contributed by atoms with E-state index >= 15 is 0 Å². The van der Waals surface area contributed by atoms with E-state index in [1.807, 2.05) is 0 Å². The van der Waals surface area contributed by atoms with Crippen LogP contribution in [0, 0.1) is 0 Å². The van der Waals surface area contributed by atoms with Crippen LogP contribution in [0.4, 0.5) is 0 Å². The Kier molecular flexibility index (Phi) is 3.23. The highest BCUT2D eigenvalue weighted by Gasteiger charge is 2.20. The topological polar surface area (TPSA) is 35.5 Å². The summed E-state index contributed by atoms with van der Waals surface area (Å²) in [6, 6.07) is 6.68. The molecule has 1 heterocycles. The van der Waals surface area contributed by atoms with Crippen LogP contribution in [-0.4, -0.2) is 18.9 Å². The van der Waals surface area contributed by atoms with E-state index < -0.39 is 6.29 Å². The number of carbonyl (C=O) groups excluding carboxylic acids is 1. The largest absolute Gasteiger partial charge is 0.432 e. The first kappa shape index (κ1) is 10.5. The molecule has 0 aliphatic carbocycles. The summed E-state index contributed by atoms with van der Waals surface area (Å²) in [5, 5.41) is 0.525. The highest BCUT2D eigenvalue weighted by molar-refractivity contribution is 6.30. The minimum Gasteiger partial charge on any atom is -0.432 e. The Hall–Kier alpha value is -1.06. The molecule has 1 unspecified atom stereocenters. The van der Waals surface area contributed by atoms with E-state index in [1.165, 1.54) is 0 Å². The fourth-order valence-electron chi connectivity index (χ4n) is 1.44. The van der Waals surface area contributed by atoms with E-state index in [2.05, 4.69) is 0 Å². The maximum Gasteiger partial charge on any atom is 0.340 e. The molecule has 1 saturated heterocycles. The molecule has 0 N–H and O–H groups in total. The molecule has 1 aliphatic heterocycles. The normalized spacial score (nSPS) is 20.2. The molecule has 1 fully saturated rings. The lowest BCUT2D eigenvalue weighted by atomic mass is 10.2. The third-order valence-electron chi connectivity index (χ3n) is 2.19. The van der Waals surface area contributed by atoms with Crippen molar-refractivity contribution in [3.63, 3.8) is 0 Å². The Bertz CT molecular complexity index is 359. The molecule has 0 radical (unpaired) electrons. The Morgan fingerprint density at radius 1 is 1.53 bits per heavy atom. The molecule has 0 saturated carbocycles. The third-order valence-corrected chi connectivity index (χ3v) is 2.42. The van der Waals surface area contributed by atoms with Crippen molar-refractivity contribution in [3.8, 4) is 0 Å². The van der Waals surface area contributed by atoms with Crippen LogP contribution < -0.4 is 0 Å². The molecule has 1 aromatic carbocycles. The van der Waals surface area contributed by atoms with Crippen molar-refractivity contribution in [2.24, 2.45) is 0 Å². The maximum atomic E-state index is 11.6. The molecule has 1 aliphatic rings. The minimum atomic E-state index is -0.392. The lowest BCUT2D eigenvalue weighted by Gasteiger charge is -2.10. The molecule has 15 heavy (non-hydrogen) atoms. The Morgan fingerprint density at radius 3 is 3.07 bits per heavy atom. The molecule has 1 atom stereocenters. The van der Waals surface area contributed by atoms with Crippen molar-refractivity contribution in [3.05, 3.63) is 34.9 Å². The molecule has 2 rings (SSSR count). The van der Waals surface area contributed by atoms with Gasteiger partial charge in [0.2, 0.25) is 6.29 Å². The number of hydrogen-bond donors (Lipinski definition) is 0. The van der Waals surface area contributed by atoms with Gasteiger partial charge in [0, 0.05) is 11.4 Å². The number of esters is 1. The first-order chi connectivity index (χ1) is 7.25. The van der Waals surface area contributed by atoms with Gasteiger partial charge < -0.3 is 9.47 Å². The number of rotatable bonds is 2. The summed E-state index contributed by atoms with van der Waals surface area (Å²) in [5.41, 5.74) is 0.456. The second kappa shape index (κ2) is 4.64. The molecule has 80 valence electrons. The Balaban J connectivity index is 2.01. The van der Waals surface area contributed by atoms with Crippen molar-refractivity contribution >= 4 is 17.6 Å². The molecular formula is C11H11ClO3. The SMILES string of the molecule is O=C(OC1CCCO1)c1cccc(Cl)c1. The quantitative estimate of drug-likeness (QED) is 0.728. The van der Waals surface area contributed by atoms with Gasteiger partial charge in [-0.25, -0.2) is 4.79 Å². The first-order valence-electron chi connectivity index (χ1n) is 4.84. The van der Waals surface area contributed by atoms with Gasteiger partial charge in [0.25, 0.3) is 0 Å². The second-order valence-corrected chi connectivity index (χ2v) is 3.79. The molecule has 0 spiro atoms. The average molecular weight is 227 g/mol. The molecule has 4 heteroatoms. The number of ether oxygens (including phenoxy) is 2. The van der Waals surface area contributed by atoms with Gasteiger partial charge in [0.1, 0.15) is 0 Å². The fourth-order valence-corrected chi connectivity index (χ4v) is 1.63. The summed E-state index contributed by atoms with van der Waals surface area (Å²) >= 11 is 5.77. The molecule has 0 amide bonds. The first-order valence-corrected chi connectivity index (χ1v) is 5.21. The molecule has 0 aromatic heterocycles. The van der Waals surface area contributed by atoms with Crippen LogP contribution in [0.1, 0.15) is 23.2 Å². The Morgan fingerprint density at radius 2 is 2.40 bits per heavy atom. The zero-order valence-corrected chi connectivity index (χ0v) is 8.87. The van der Waals surface area contributed by atoms with Gasteiger partial charge in [-0.1, -0.05) is 17.7 Å². The molecule has 3 nitrogen and oxygen atoms in total. The molecule has 1 aromatic rings. The van der Waals surface area contributed by atoms with Crippen LogP contribution in [0.25, 0.3) is 0 Å². The second-order valence-electron chi connectivity index (χ2n) is 3.36. The summed E-state index contributed by atoms with van der Waals surface area (Å²) in [7, 11) is 0. The number of benzene rings is 1. The van der Waals surface area contributed by atoms with E-state index in [0.29, 0.717) is 17.2 Å². The van der Waals surface area contributed by atoms with Gasteiger partial charge in [-0.2, -0.15) is 0 Å². The summed E-state index contributed by atoms with van der Waals surface area (Å²) in [6.45, 7) is 0.660. The third kappa shape index (κ3) is 2.70. The highest BCUT2D eigenvalue weighted by atomic mass is 35.5. The van der Waals surface area contributed by atoms with Crippen LogP contribution >= 0.6 is 11.6 Å². The van der Waals surface area contributed by atoms with Gasteiger partial charge in [-0.05, 0) is 24.6 Å². The highest BCUT2D eigenvalue weighted by Crippen LogP contribution is 2.17. The fraction of sp³-hybridized carbons (Fsp3) is 0.364. The monoisotopic (exact) mass is 226 g/mol. The minimum absolute atomic E-state index is 0.385. The zero-order valence-electron chi connectivity index (χ0n) is 8.11. The van der Waals surface area contributed by atoms with Crippen molar-refractivity contribution in [2.75, 3.05) is 6.61 Å². The van der Waals surface area contributed by atoms with Gasteiger partial charge in [-0.15, -0.1) is 0 Å².